The predicted octanol–water partition coefficient (Wildman–Crippen LogP) is 3.73. The van der Waals surface area contributed by atoms with Gasteiger partial charge in [0.15, 0.2) is 0 Å². The molecule has 2 aromatic carbocycles. The summed E-state index contributed by atoms with van der Waals surface area (Å²) in [5.74, 6) is -0.112. The fourth-order valence-corrected chi connectivity index (χ4v) is 5.72. The SMILES string of the molecule is O=C(NCCOc1ccccc1)[C@H]1CCCN(S(=O)(=O)Cc2c(Cl)cccc2Cl)C1. The zero-order valence-electron chi connectivity index (χ0n) is 16.4. The van der Waals surface area contributed by atoms with Crippen molar-refractivity contribution < 1.29 is 17.9 Å². The van der Waals surface area contributed by atoms with Crippen molar-refractivity contribution in [3.05, 3.63) is 64.1 Å². The topological polar surface area (TPSA) is 75.7 Å². The molecule has 1 aliphatic heterocycles. The number of hydrogen-bond donors (Lipinski definition) is 1. The largest absolute Gasteiger partial charge is 0.492 e. The van der Waals surface area contributed by atoms with Crippen molar-refractivity contribution in [2.45, 2.75) is 18.6 Å². The van der Waals surface area contributed by atoms with Gasteiger partial charge in [0, 0.05) is 28.7 Å². The minimum absolute atomic E-state index is 0.149. The fraction of sp³-hybridized carbons (Fsp3) is 0.381. The van der Waals surface area contributed by atoms with Crippen LogP contribution in [0.15, 0.2) is 48.5 Å². The zero-order valence-corrected chi connectivity index (χ0v) is 18.7. The van der Waals surface area contributed by atoms with Crippen LogP contribution < -0.4 is 10.1 Å². The Morgan fingerprint density at radius 3 is 2.50 bits per heavy atom. The van der Waals surface area contributed by atoms with Crippen molar-refractivity contribution in [2.75, 3.05) is 26.2 Å². The van der Waals surface area contributed by atoms with Gasteiger partial charge in [0.2, 0.25) is 15.9 Å². The van der Waals surface area contributed by atoms with Crippen LogP contribution in [0.25, 0.3) is 0 Å². The summed E-state index contributed by atoms with van der Waals surface area (Å²) in [6, 6.07) is 14.2. The maximum absolute atomic E-state index is 12.9. The molecule has 1 saturated heterocycles. The van der Waals surface area contributed by atoms with Crippen LogP contribution in [0.1, 0.15) is 18.4 Å². The molecule has 1 N–H and O–H groups in total. The minimum atomic E-state index is -3.65. The van der Waals surface area contributed by atoms with Crippen molar-refractivity contribution in [3.8, 4) is 5.75 Å². The number of sulfonamides is 1. The first-order chi connectivity index (χ1) is 14.4. The monoisotopic (exact) mass is 470 g/mol. The molecule has 1 heterocycles. The molecule has 3 rings (SSSR count). The number of rotatable bonds is 8. The normalized spacial score (nSPS) is 17.5. The summed E-state index contributed by atoms with van der Waals surface area (Å²) in [6.45, 7) is 1.22. The summed E-state index contributed by atoms with van der Waals surface area (Å²) in [4.78, 5) is 12.5. The Kier molecular flexibility index (Phi) is 7.99. The molecule has 6 nitrogen and oxygen atoms in total. The molecule has 30 heavy (non-hydrogen) atoms. The van der Waals surface area contributed by atoms with Crippen LogP contribution in [0, 0.1) is 5.92 Å². The van der Waals surface area contributed by atoms with Crippen LogP contribution in [-0.2, 0) is 20.6 Å². The smallest absolute Gasteiger partial charge is 0.224 e. The summed E-state index contributed by atoms with van der Waals surface area (Å²) < 4.78 is 32.7. The average Bonchev–Trinajstić information content (AvgIpc) is 2.75. The lowest BCUT2D eigenvalue weighted by Crippen LogP contribution is -2.46. The Bertz CT molecular complexity index is 950. The first-order valence-electron chi connectivity index (χ1n) is 9.73. The molecule has 1 atom stereocenters. The number of carbonyl (C=O) groups is 1. The number of nitrogens with zero attached hydrogens (tertiary/aromatic N) is 1. The lowest BCUT2D eigenvalue weighted by atomic mass is 9.99. The van der Waals surface area contributed by atoms with E-state index < -0.39 is 15.9 Å². The Morgan fingerprint density at radius 1 is 1.10 bits per heavy atom. The molecule has 0 aromatic heterocycles. The van der Waals surface area contributed by atoms with Gasteiger partial charge in [-0.25, -0.2) is 12.7 Å². The summed E-state index contributed by atoms with van der Waals surface area (Å²) >= 11 is 12.3. The number of amides is 1. The Balaban J connectivity index is 1.53. The standard InChI is InChI=1S/C21H24Cl2N2O4S/c22-19-9-4-10-20(23)18(19)15-30(27,28)25-12-5-6-16(14-25)21(26)24-11-13-29-17-7-2-1-3-8-17/h1-4,7-10,16H,5-6,11-15H2,(H,24,26)/t16-/m0/s1. The van der Waals surface area contributed by atoms with E-state index in [1.54, 1.807) is 18.2 Å². The number of hydrogen-bond acceptors (Lipinski definition) is 4. The molecule has 1 amide bonds. The highest BCUT2D eigenvalue weighted by molar-refractivity contribution is 7.88. The van der Waals surface area contributed by atoms with Crippen molar-refractivity contribution >= 4 is 39.1 Å². The molecule has 0 saturated carbocycles. The molecule has 162 valence electrons. The van der Waals surface area contributed by atoms with Gasteiger partial charge in [-0.05, 0) is 37.1 Å². The van der Waals surface area contributed by atoms with E-state index in [2.05, 4.69) is 5.32 Å². The highest BCUT2D eigenvalue weighted by Gasteiger charge is 2.33. The number of nitrogens with one attached hydrogen (secondary N) is 1. The lowest BCUT2D eigenvalue weighted by molar-refractivity contribution is -0.126. The van der Waals surface area contributed by atoms with Crippen LogP contribution in [0.5, 0.6) is 5.75 Å². The second-order valence-electron chi connectivity index (χ2n) is 7.11. The second kappa shape index (κ2) is 10.5. The van der Waals surface area contributed by atoms with Gasteiger partial charge < -0.3 is 10.1 Å². The Hall–Kier alpha value is -1.80. The molecule has 0 aliphatic carbocycles. The van der Waals surface area contributed by atoms with Crippen LogP contribution in [-0.4, -0.2) is 44.9 Å². The third-order valence-electron chi connectivity index (χ3n) is 4.95. The molecule has 0 radical (unpaired) electrons. The van der Waals surface area contributed by atoms with Crippen LogP contribution >= 0.6 is 23.2 Å². The number of para-hydroxylation sites is 1. The summed E-state index contributed by atoms with van der Waals surface area (Å²) in [6.07, 6.45) is 1.26. The summed E-state index contributed by atoms with van der Waals surface area (Å²) in [7, 11) is -3.65. The van der Waals surface area contributed by atoms with Gasteiger partial charge in [-0.2, -0.15) is 0 Å². The highest BCUT2D eigenvalue weighted by atomic mass is 35.5. The molecule has 2 aromatic rings. The van der Waals surface area contributed by atoms with Crippen LogP contribution in [0.4, 0.5) is 0 Å². The number of carbonyl (C=O) groups excluding carboxylic acids is 1. The molecular formula is C21H24Cl2N2O4S. The average molecular weight is 471 g/mol. The van der Waals surface area contributed by atoms with E-state index in [0.717, 1.165) is 5.75 Å². The molecule has 1 aliphatic rings. The number of halogens is 2. The quantitative estimate of drug-likeness (QED) is 0.596. The van der Waals surface area contributed by atoms with E-state index in [1.807, 2.05) is 30.3 Å². The molecule has 0 spiro atoms. The van der Waals surface area contributed by atoms with Gasteiger partial charge in [-0.15, -0.1) is 0 Å². The van der Waals surface area contributed by atoms with Gasteiger partial charge >= 0.3 is 0 Å². The fourth-order valence-electron chi connectivity index (χ4n) is 3.36. The maximum Gasteiger partial charge on any atom is 0.224 e. The van der Waals surface area contributed by atoms with Gasteiger partial charge in [0.05, 0.1) is 18.2 Å². The minimum Gasteiger partial charge on any atom is -0.492 e. The van der Waals surface area contributed by atoms with Crippen LogP contribution in [0.3, 0.4) is 0 Å². The van der Waals surface area contributed by atoms with Gasteiger partial charge in [-0.3, -0.25) is 4.79 Å². The van der Waals surface area contributed by atoms with Crippen molar-refractivity contribution in [2.24, 2.45) is 5.92 Å². The van der Waals surface area contributed by atoms with E-state index in [4.69, 9.17) is 27.9 Å². The molecular weight excluding hydrogens is 447 g/mol. The van der Waals surface area contributed by atoms with Gasteiger partial charge in [0.25, 0.3) is 0 Å². The van der Waals surface area contributed by atoms with E-state index in [9.17, 15) is 13.2 Å². The van der Waals surface area contributed by atoms with Crippen molar-refractivity contribution in [1.29, 1.82) is 0 Å². The summed E-state index contributed by atoms with van der Waals surface area (Å²) in [5.41, 5.74) is 0.380. The third-order valence-corrected chi connectivity index (χ3v) is 7.43. The van der Waals surface area contributed by atoms with Crippen molar-refractivity contribution in [1.82, 2.24) is 9.62 Å². The molecule has 1 fully saturated rings. The number of piperidine rings is 1. The van der Waals surface area contributed by atoms with E-state index in [0.29, 0.717) is 48.1 Å². The maximum atomic E-state index is 12.9. The van der Waals surface area contributed by atoms with E-state index >= 15 is 0 Å². The van der Waals surface area contributed by atoms with Gasteiger partial charge in [0.1, 0.15) is 12.4 Å². The van der Waals surface area contributed by atoms with E-state index in [1.165, 1.54) is 4.31 Å². The Morgan fingerprint density at radius 2 is 1.80 bits per heavy atom. The van der Waals surface area contributed by atoms with Crippen molar-refractivity contribution in [3.63, 3.8) is 0 Å². The molecule has 0 bridgehead atoms. The van der Waals surface area contributed by atoms with Crippen LogP contribution in [0.2, 0.25) is 10.0 Å². The number of ether oxygens (including phenoxy) is 1. The molecule has 0 unspecified atom stereocenters. The molecule has 9 heteroatoms. The summed E-state index contributed by atoms with van der Waals surface area (Å²) in [5, 5.41) is 3.47. The lowest BCUT2D eigenvalue weighted by Gasteiger charge is -2.31. The highest BCUT2D eigenvalue weighted by Crippen LogP contribution is 2.29. The predicted molar refractivity (Wildman–Crippen MR) is 118 cm³/mol. The van der Waals surface area contributed by atoms with Gasteiger partial charge in [-0.1, -0.05) is 47.5 Å². The third kappa shape index (κ3) is 6.11. The Labute approximate surface area is 187 Å². The first kappa shape index (κ1) is 22.9. The second-order valence-corrected chi connectivity index (χ2v) is 9.89. The van der Waals surface area contributed by atoms with E-state index in [-0.39, 0.29) is 18.2 Å². The number of benzene rings is 2. The zero-order chi connectivity index (χ0) is 21.6. The first-order valence-corrected chi connectivity index (χ1v) is 12.1.